The normalized spacial score (nSPS) is 15.1. The maximum Gasteiger partial charge on any atom is 0.136 e. The number of aromatic nitrogens is 1. The predicted octanol–water partition coefficient (Wildman–Crippen LogP) is 32.0. The van der Waals surface area contributed by atoms with Crippen molar-refractivity contribution in [2.45, 2.75) is 25.2 Å². The molecule has 0 bridgehead atoms. The maximum absolute atomic E-state index is 6.47. The molecule has 0 saturated carbocycles. The van der Waals surface area contributed by atoms with Gasteiger partial charge in [-0.05, 0) is 217 Å². The summed E-state index contributed by atoms with van der Waals surface area (Å²) in [6, 6.07) is 116. The second-order valence-corrected chi connectivity index (χ2v) is 34.5. The first-order valence-electron chi connectivity index (χ1n) is 41.1. The van der Waals surface area contributed by atoms with E-state index in [1.54, 1.807) is 0 Å². The van der Waals surface area contributed by atoms with Gasteiger partial charge < -0.3 is 31.6 Å². The quantitative estimate of drug-likeness (QED) is 0.165. The van der Waals surface area contributed by atoms with Crippen molar-refractivity contribution in [1.82, 2.24) is 4.57 Å². The lowest BCUT2D eigenvalue weighted by molar-refractivity contribution is 0.392. The van der Waals surface area contributed by atoms with E-state index in [0.29, 0.717) is 11.8 Å². The van der Waals surface area contributed by atoms with Crippen molar-refractivity contribution in [3.63, 3.8) is 0 Å². The van der Waals surface area contributed by atoms with Gasteiger partial charge in [0.25, 0.3) is 0 Å². The van der Waals surface area contributed by atoms with Crippen LogP contribution in [0.3, 0.4) is 0 Å². The van der Waals surface area contributed by atoms with Crippen LogP contribution in [-0.2, 0) is 5.41 Å². The number of para-hydroxylation sites is 1. The van der Waals surface area contributed by atoms with Gasteiger partial charge in [-0.1, -0.05) is 220 Å². The van der Waals surface area contributed by atoms with E-state index in [1.165, 1.54) is 201 Å². The fourth-order valence-electron chi connectivity index (χ4n) is 22.2. The number of hydrogen-bond acceptors (Lipinski definition) is 7. The first kappa shape index (κ1) is 64.3. The zero-order chi connectivity index (χ0) is 77.5. The number of thiophene rings is 1. The Balaban J connectivity index is 0.0000000965. The molecule has 7 heterocycles. The summed E-state index contributed by atoms with van der Waals surface area (Å²) in [5.41, 5.74) is 31.6. The predicted molar refractivity (Wildman–Crippen MR) is 495 cm³/mol. The number of hydrogen-bond donors (Lipinski definition) is 0. The van der Waals surface area contributed by atoms with Gasteiger partial charge in [0.15, 0.2) is 0 Å². The summed E-state index contributed by atoms with van der Waals surface area (Å²) < 4.78 is 37.1. The van der Waals surface area contributed by atoms with Gasteiger partial charge in [-0.2, -0.15) is 0 Å². The van der Waals surface area contributed by atoms with Crippen molar-refractivity contribution >= 4 is 207 Å². The van der Waals surface area contributed by atoms with E-state index >= 15 is 0 Å². The minimum atomic E-state index is 0.0416. The average molecular weight is 1540 g/mol. The summed E-state index contributed by atoms with van der Waals surface area (Å²) in [6.45, 7) is 4.81. The Hall–Kier alpha value is -15.0. The van der Waals surface area contributed by atoms with Gasteiger partial charge in [-0.25, -0.2) is 0 Å². The van der Waals surface area contributed by atoms with Gasteiger partial charge in [0.1, 0.15) is 55.8 Å². The van der Waals surface area contributed by atoms with Crippen molar-refractivity contribution in [3.8, 4) is 61.3 Å². The molecule has 0 amide bonds. The minimum Gasteiger partial charge on any atom is -0.456 e. The monoisotopic (exact) mass is 1540 g/mol. The largest absolute Gasteiger partial charge is 0.456 e. The summed E-state index contributed by atoms with van der Waals surface area (Å²) >= 11 is 1.86. The molecule has 0 aliphatic heterocycles. The molecule has 2 unspecified atom stereocenters. The van der Waals surface area contributed by atoms with Crippen LogP contribution in [0.2, 0.25) is 0 Å². The summed E-state index contributed by atoms with van der Waals surface area (Å²) in [5.74, 6) is 0.771. The Morgan fingerprint density at radius 1 is 0.311 bits per heavy atom. The topological polar surface area (TPSA) is 73.9 Å². The second-order valence-electron chi connectivity index (χ2n) is 33.4. The SMILES string of the molecule is CC1(C)c2ccccc2C2C=CC(N(c3ccccc3)c3ccc(-n4c5cccc6c5c5c7c(ccc8oc9cccc-6c9c87)ccc54)cc3)=CC21.c1cc2c3c(c1)oc1ccc4ccc5oc6ccc(-c7ccc8sc9ccccc9c8c7)c-2c6c5c4c13.c1ccc(-c2ccc3oc4ccc5ccc6oc7cccc8c7c6c5c4c3c2-8)cc1. The van der Waals surface area contributed by atoms with Gasteiger partial charge in [-0.15, -0.1) is 11.3 Å². The average Bonchev–Trinajstić information content (AvgIpc) is 1.54. The van der Waals surface area contributed by atoms with E-state index in [9.17, 15) is 0 Å². The van der Waals surface area contributed by atoms with Crippen LogP contribution in [-0.4, -0.2) is 4.57 Å². The van der Waals surface area contributed by atoms with E-state index in [2.05, 4.69) is 363 Å². The van der Waals surface area contributed by atoms with Gasteiger partial charge in [0, 0.05) is 141 Å². The van der Waals surface area contributed by atoms with Crippen molar-refractivity contribution in [2.24, 2.45) is 5.92 Å². The Morgan fingerprint density at radius 3 is 1.38 bits per heavy atom. The molecule has 0 radical (unpaired) electrons. The highest BCUT2D eigenvalue weighted by Gasteiger charge is 2.46. The van der Waals surface area contributed by atoms with Crippen molar-refractivity contribution in [2.75, 3.05) is 4.90 Å². The van der Waals surface area contributed by atoms with Gasteiger partial charge in [0.2, 0.25) is 0 Å². The summed E-state index contributed by atoms with van der Waals surface area (Å²) in [5, 5.41) is 24.7. The van der Waals surface area contributed by atoms with E-state index in [0.717, 1.165) is 72.9 Å². The smallest absolute Gasteiger partial charge is 0.136 e. The Morgan fingerprint density at radius 2 is 0.765 bits per heavy atom. The molecule has 25 aromatic rings. The summed E-state index contributed by atoms with van der Waals surface area (Å²) in [4.78, 5) is 2.42. The van der Waals surface area contributed by atoms with E-state index < -0.39 is 0 Å². The number of allylic oxidation sites excluding steroid dienone is 3. The number of nitrogens with zero attached hydrogens (tertiary/aromatic N) is 2. The van der Waals surface area contributed by atoms with Gasteiger partial charge >= 0.3 is 0 Å². The Labute approximate surface area is 682 Å². The van der Waals surface area contributed by atoms with Crippen LogP contribution in [0.5, 0.6) is 0 Å². The molecule has 0 N–H and O–H groups in total. The summed E-state index contributed by atoms with van der Waals surface area (Å²) in [7, 11) is 0. The van der Waals surface area contributed by atoms with Gasteiger partial charge in [0.05, 0.1) is 11.0 Å². The maximum atomic E-state index is 6.47. The highest BCUT2D eigenvalue weighted by atomic mass is 32.1. The van der Waals surface area contributed by atoms with Crippen molar-refractivity contribution in [3.05, 3.63) is 357 Å². The molecule has 8 heteroatoms. The molecule has 5 aliphatic rings. The van der Waals surface area contributed by atoms with Crippen LogP contribution in [0.4, 0.5) is 11.4 Å². The zero-order valence-corrected chi connectivity index (χ0v) is 65.1. The highest BCUT2D eigenvalue weighted by molar-refractivity contribution is 7.25. The molecule has 18 aromatic carbocycles. The van der Waals surface area contributed by atoms with E-state index in [-0.39, 0.29) is 5.41 Å². The first-order chi connectivity index (χ1) is 58.8. The highest BCUT2D eigenvalue weighted by Crippen LogP contribution is 2.59. The first-order valence-corrected chi connectivity index (χ1v) is 41.9. The van der Waals surface area contributed by atoms with Crippen LogP contribution in [0.15, 0.2) is 368 Å². The molecule has 0 saturated heterocycles. The molecule has 0 spiro atoms. The van der Waals surface area contributed by atoms with Gasteiger partial charge in [-0.3, -0.25) is 0 Å². The molecular weight excluding hydrogens is 1470 g/mol. The lowest BCUT2D eigenvalue weighted by Gasteiger charge is -2.34. The molecule has 30 rings (SSSR count). The second kappa shape index (κ2) is 23.2. The molecule has 7 aromatic heterocycles. The van der Waals surface area contributed by atoms with E-state index in [1.807, 2.05) is 11.3 Å². The van der Waals surface area contributed by atoms with Crippen LogP contribution >= 0.6 is 11.3 Å². The molecule has 2 atom stereocenters. The van der Waals surface area contributed by atoms with E-state index in [4.69, 9.17) is 22.1 Å². The molecule has 7 nitrogen and oxygen atoms in total. The fraction of sp³-hybridized carbons (Fsp3) is 0.0450. The van der Waals surface area contributed by atoms with Crippen LogP contribution in [0.25, 0.3) is 245 Å². The third-order valence-electron chi connectivity index (χ3n) is 27.2. The number of rotatable bonds is 6. The lowest BCUT2D eigenvalue weighted by atomic mass is 9.74. The number of benzene rings is 18. The van der Waals surface area contributed by atoms with Crippen molar-refractivity contribution < 1.29 is 22.1 Å². The third kappa shape index (κ3) is 8.54. The fourth-order valence-corrected chi connectivity index (χ4v) is 23.3. The molecule has 554 valence electrons. The molecule has 119 heavy (non-hydrogen) atoms. The standard InChI is InChI=1S/C49H34N2O.C34H16O2S.C28H14O2/c1-49(2)38-15-7-6-12-34(38)35-25-24-33(28-39(35)49)50(30-10-4-3-5-11-30)31-20-22-32(23-21-31)51-40-16-8-13-36-37-14-9-17-42-46(37)48-43(52-42)27-19-29-18-26-41(51)47(44(29)48)45(36)40;1-2-7-27-20(4-1)22-16-18(10-15-28(22)37-27)19-11-14-26-34-30(19)21-5-3-6-23-31(21)32-24(35-23)12-8-17-9-13-25(36-26)33(34)29(17)32;1-2-5-15(6-3-1)17-11-14-22-28-24(17)18-7-4-8-19-25(18)26-20(29-19)12-9-16-10-13-21(30-22)27(28)23(16)26/h3-28,35,39H,1-2H3;1-16H;1-14H. The molecular formula is C111H64N2O5S. The molecule has 5 aliphatic carbocycles. The molecule has 0 fully saturated rings. The Bertz CT molecular complexity index is 8970. The number of anilines is 2. The van der Waals surface area contributed by atoms with Crippen LogP contribution in [0, 0.1) is 5.92 Å². The minimum absolute atomic E-state index is 0.0416. The van der Waals surface area contributed by atoms with Crippen LogP contribution < -0.4 is 4.90 Å². The third-order valence-corrected chi connectivity index (χ3v) is 28.3. The number of furan rings is 5. The zero-order valence-electron chi connectivity index (χ0n) is 64.3. The summed E-state index contributed by atoms with van der Waals surface area (Å²) in [6.07, 6.45) is 7.30. The lowest BCUT2D eigenvalue weighted by Crippen LogP contribution is -2.28. The number of fused-ring (bicyclic) bond motifs is 9. The van der Waals surface area contributed by atoms with Crippen LogP contribution in [0.1, 0.15) is 30.9 Å². The Kier molecular flexibility index (Phi) is 12.5. The van der Waals surface area contributed by atoms with Crippen molar-refractivity contribution in [1.29, 1.82) is 0 Å².